The highest BCUT2D eigenvalue weighted by molar-refractivity contribution is 7.19. The molecule has 0 saturated heterocycles. The van der Waals surface area contributed by atoms with Gasteiger partial charge >= 0.3 is 0 Å². The fourth-order valence-electron chi connectivity index (χ4n) is 3.89. The standard InChI is InChI=1S/C26H24N4O2S/c1-17-10-11-21(14-18(17)2)30(13-7-12-27)22(31)15-29-16-28-25-24(26(29)32)23(19(3)33-25)20-8-5-4-6-9-20/h4-6,8-11,14,16H,7,13,15H2,1-3H3. The molecule has 0 saturated carbocycles. The molecular formula is C26H24N4O2S. The predicted molar refractivity (Wildman–Crippen MR) is 133 cm³/mol. The number of carbonyl (C=O) groups is 1. The van der Waals surface area contributed by atoms with Crippen molar-refractivity contribution < 1.29 is 4.79 Å². The lowest BCUT2D eigenvalue weighted by molar-refractivity contribution is -0.119. The van der Waals surface area contributed by atoms with Crippen molar-refractivity contribution in [3.05, 3.63) is 81.2 Å². The first kappa shape index (κ1) is 22.4. The van der Waals surface area contributed by atoms with Crippen molar-refractivity contribution in [3.63, 3.8) is 0 Å². The summed E-state index contributed by atoms with van der Waals surface area (Å²) in [6, 6.07) is 17.6. The highest BCUT2D eigenvalue weighted by Crippen LogP contribution is 2.35. The quantitative estimate of drug-likeness (QED) is 0.409. The number of nitrogens with zero attached hydrogens (tertiary/aromatic N) is 4. The van der Waals surface area contributed by atoms with E-state index in [4.69, 9.17) is 5.26 Å². The Bertz CT molecular complexity index is 1430. The molecule has 4 rings (SSSR count). The van der Waals surface area contributed by atoms with Crippen LogP contribution >= 0.6 is 11.3 Å². The van der Waals surface area contributed by atoms with Gasteiger partial charge in [0.05, 0.1) is 24.2 Å². The number of aryl methyl sites for hydroxylation is 3. The fourth-order valence-corrected chi connectivity index (χ4v) is 4.89. The molecule has 0 aliphatic heterocycles. The minimum absolute atomic E-state index is 0.150. The SMILES string of the molecule is Cc1ccc(N(CCC#N)C(=O)Cn2cnc3sc(C)c(-c4ccccc4)c3c2=O)cc1C. The first-order valence-corrected chi connectivity index (χ1v) is 11.5. The second-order valence-corrected chi connectivity index (χ2v) is 9.18. The van der Waals surface area contributed by atoms with Gasteiger partial charge in [0.15, 0.2) is 0 Å². The maximum absolute atomic E-state index is 13.4. The Morgan fingerprint density at radius 1 is 1.12 bits per heavy atom. The summed E-state index contributed by atoms with van der Waals surface area (Å²) in [5.74, 6) is -0.259. The summed E-state index contributed by atoms with van der Waals surface area (Å²) in [6.45, 7) is 6.08. The number of nitriles is 1. The van der Waals surface area contributed by atoms with E-state index >= 15 is 0 Å². The topological polar surface area (TPSA) is 79.0 Å². The van der Waals surface area contributed by atoms with E-state index in [0.717, 1.165) is 32.8 Å². The Hall–Kier alpha value is -3.76. The molecule has 0 aliphatic carbocycles. The number of benzene rings is 2. The summed E-state index contributed by atoms with van der Waals surface area (Å²) in [7, 11) is 0. The van der Waals surface area contributed by atoms with Gasteiger partial charge in [0.1, 0.15) is 11.4 Å². The van der Waals surface area contributed by atoms with Gasteiger partial charge in [-0.3, -0.25) is 14.2 Å². The molecule has 4 aromatic rings. The zero-order chi connectivity index (χ0) is 23.5. The first-order chi connectivity index (χ1) is 15.9. The molecular weight excluding hydrogens is 432 g/mol. The van der Waals surface area contributed by atoms with Crippen molar-refractivity contribution in [2.24, 2.45) is 0 Å². The Kier molecular flexibility index (Phi) is 6.38. The van der Waals surface area contributed by atoms with Crippen LogP contribution in [0.1, 0.15) is 22.4 Å². The van der Waals surface area contributed by atoms with Crippen LogP contribution in [0.4, 0.5) is 5.69 Å². The maximum atomic E-state index is 13.4. The zero-order valence-electron chi connectivity index (χ0n) is 18.8. The third-order valence-corrected chi connectivity index (χ3v) is 6.79. The van der Waals surface area contributed by atoms with Gasteiger partial charge in [0.2, 0.25) is 5.91 Å². The average molecular weight is 457 g/mol. The number of rotatable bonds is 6. The Labute approximate surface area is 196 Å². The van der Waals surface area contributed by atoms with Gasteiger partial charge in [-0.25, -0.2) is 4.98 Å². The Balaban J connectivity index is 1.73. The second kappa shape index (κ2) is 9.39. The number of hydrogen-bond donors (Lipinski definition) is 0. The minimum Gasteiger partial charge on any atom is -0.310 e. The molecule has 0 radical (unpaired) electrons. The van der Waals surface area contributed by atoms with Crippen molar-refractivity contribution >= 4 is 33.1 Å². The Morgan fingerprint density at radius 3 is 2.58 bits per heavy atom. The van der Waals surface area contributed by atoms with Gasteiger partial charge in [-0.15, -0.1) is 11.3 Å². The summed E-state index contributed by atoms with van der Waals surface area (Å²) in [5, 5.41) is 9.62. The van der Waals surface area contributed by atoms with Crippen LogP contribution in [0.3, 0.4) is 0 Å². The van der Waals surface area contributed by atoms with Crippen LogP contribution in [0, 0.1) is 32.1 Å². The Morgan fingerprint density at radius 2 is 1.88 bits per heavy atom. The van der Waals surface area contributed by atoms with Crippen LogP contribution in [0.15, 0.2) is 59.7 Å². The van der Waals surface area contributed by atoms with Crippen LogP contribution in [-0.2, 0) is 11.3 Å². The van der Waals surface area contributed by atoms with E-state index in [-0.39, 0.29) is 31.0 Å². The lowest BCUT2D eigenvalue weighted by atomic mass is 10.0. The van der Waals surface area contributed by atoms with Crippen molar-refractivity contribution in [3.8, 4) is 17.2 Å². The van der Waals surface area contributed by atoms with Gasteiger partial charge in [-0.05, 0) is 49.6 Å². The molecule has 0 fully saturated rings. The highest BCUT2D eigenvalue weighted by atomic mass is 32.1. The summed E-state index contributed by atoms with van der Waals surface area (Å²) >= 11 is 1.48. The third-order valence-electron chi connectivity index (χ3n) is 5.77. The third kappa shape index (κ3) is 4.43. The normalized spacial score (nSPS) is 10.8. The zero-order valence-corrected chi connectivity index (χ0v) is 19.6. The first-order valence-electron chi connectivity index (χ1n) is 10.7. The van der Waals surface area contributed by atoms with Crippen LogP contribution < -0.4 is 10.5 Å². The minimum atomic E-state index is -0.259. The molecule has 33 heavy (non-hydrogen) atoms. The molecule has 1 amide bonds. The van der Waals surface area contributed by atoms with E-state index in [2.05, 4.69) is 11.1 Å². The van der Waals surface area contributed by atoms with Crippen molar-refractivity contribution in [1.29, 1.82) is 5.26 Å². The fraction of sp³-hybridized carbons (Fsp3) is 0.231. The smallest absolute Gasteiger partial charge is 0.263 e. The number of thiophene rings is 1. The summed E-state index contributed by atoms with van der Waals surface area (Å²) in [4.78, 5) is 34.5. The molecule has 2 aromatic heterocycles. The molecule has 0 N–H and O–H groups in total. The van der Waals surface area contributed by atoms with Gasteiger partial charge in [0, 0.05) is 22.7 Å². The van der Waals surface area contributed by atoms with Crippen molar-refractivity contribution in [2.75, 3.05) is 11.4 Å². The number of fused-ring (bicyclic) bond motifs is 1. The van der Waals surface area contributed by atoms with E-state index in [1.54, 1.807) is 4.90 Å². The van der Waals surface area contributed by atoms with Gasteiger partial charge < -0.3 is 4.90 Å². The molecule has 0 atom stereocenters. The van der Waals surface area contributed by atoms with Gasteiger partial charge in [0.25, 0.3) is 5.56 Å². The molecule has 6 nitrogen and oxygen atoms in total. The number of hydrogen-bond acceptors (Lipinski definition) is 5. The van der Waals surface area contributed by atoms with Gasteiger partial charge in [-0.2, -0.15) is 5.26 Å². The summed E-state index contributed by atoms with van der Waals surface area (Å²) in [5.41, 5.74) is 4.48. The van der Waals surface area contributed by atoms with Crippen LogP contribution in [0.2, 0.25) is 0 Å². The molecule has 0 aliphatic rings. The van der Waals surface area contributed by atoms with Crippen molar-refractivity contribution in [1.82, 2.24) is 9.55 Å². The van der Waals surface area contributed by atoms with Crippen LogP contribution in [0.5, 0.6) is 0 Å². The summed E-state index contributed by atoms with van der Waals surface area (Å²) < 4.78 is 1.36. The summed E-state index contributed by atoms with van der Waals surface area (Å²) in [6.07, 6.45) is 1.64. The van der Waals surface area contributed by atoms with Gasteiger partial charge in [-0.1, -0.05) is 36.4 Å². The average Bonchev–Trinajstić information content (AvgIpc) is 3.15. The number of aromatic nitrogens is 2. The van der Waals surface area contributed by atoms with E-state index in [1.807, 2.05) is 69.3 Å². The van der Waals surface area contributed by atoms with E-state index in [0.29, 0.717) is 10.2 Å². The second-order valence-electron chi connectivity index (χ2n) is 7.98. The molecule has 0 bridgehead atoms. The van der Waals surface area contributed by atoms with E-state index < -0.39 is 0 Å². The molecule has 0 unspecified atom stereocenters. The van der Waals surface area contributed by atoms with Crippen molar-refractivity contribution in [2.45, 2.75) is 33.7 Å². The monoisotopic (exact) mass is 456 g/mol. The highest BCUT2D eigenvalue weighted by Gasteiger charge is 2.21. The van der Waals surface area contributed by atoms with E-state index in [9.17, 15) is 9.59 Å². The molecule has 7 heteroatoms. The van der Waals surface area contributed by atoms with Crippen LogP contribution in [-0.4, -0.2) is 22.0 Å². The van der Waals surface area contributed by atoms with Crippen LogP contribution in [0.25, 0.3) is 21.3 Å². The number of anilines is 1. The molecule has 0 spiro atoms. The maximum Gasteiger partial charge on any atom is 0.263 e. The lowest BCUT2D eigenvalue weighted by Gasteiger charge is -2.23. The molecule has 2 heterocycles. The molecule has 166 valence electrons. The lowest BCUT2D eigenvalue weighted by Crippen LogP contribution is -2.37. The predicted octanol–water partition coefficient (Wildman–Crippen LogP) is 5.00. The number of carbonyl (C=O) groups excluding carboxylic acids is 1. The number of amides is 1. The largest absolute Gasteiger partial charge is 0.310 e. The van der Waals surface area contributed by atoms with E-state index in [1.165, 1.54) is 22.2 Å². The molecule has 2 aromatic carbocycles.